The minimum Gasteiger partial charge on any atom is -0.366 e. The molecule has 0 radical (unpaired) electrons. The molecule has 1 heterocycles. The van der Waals surface area contributed by atoms with Crippen molar-refractivity contribution in [3.8, 4) is 0 Å². The van der Waals surface area contributed by atoms with Gasteiger partial charge >= 0.3 is 0 Å². The Hall–Kier alpha value is -1.22. The summed E-state index contributed by atoms with van der Waals surface area (Å²) < 4.78 is 27.0. The van der Waals surface area contributed by atoms with Crippen molar-refractivity contribution in [2.24, 2.45) is 5.73 Å². The van der Waals surface area contributed by atoms with Crippen LogP contribution in [0.4, 0.5) is 0 Å². The van der Waals surface area contributed by atoms with Gasteiger partial charge in [-0.2, -0.15) is 4.31 Å². The standard InChI is InChI=1S/C13H13BrN2O3S2/c1-16(21(18,19)12-7-6-11(14)20-12)8-9-2-4-10(5-3-9)13(15)17/h2-7H,8H2,1H3,(H2,15,17). The van der Waals surface area contributed by atoms with Gasteiger partial charge in [-0.3, -0.25) is 4.79 Å². The van der Waals surface area contributed by atoms with Crippen molar-refractivity contribution >= 4 is 43.2 Å². The lowest BCUT2D eigenvalue weighted by Gasteiger charge is -2.16. The minimum atomic E-state index is -3.51. The quantitative estimate of drug-likeness (QED) is 0.853. The Balaban J connectivity index is 2.17. The highest BCUT2D eigenvalue weighted by Gasteiger charge is 2.22. The van der Waals surface area contributed by atoms with E-state index >= 15 is 0 Å². The highest BCUT2D eigenvalue weighted by Crippen LogP contribution is 2.28. The van der Waals surface area contributed by atoms with Crippen LogP contribution in [0.5, 0.6) is 0 Å². The number of sulfonamides is 1. The van der Waals surface area contributed by atoms with Crippen molar-refractivity contribution in [1.82, 2.24) is 4.31 Å². The molecule has 0 bridgehead atoms. The average Bonchev–Trinajstić information content (AvgIpc) is 2.86. The molecular formula is C13H13BrN2O3S2. The molecule has 112 valence electrons. The van der Waals surface area contributed by atoms with Gasteiger partial charge in [-0.05, 0) is 45.8 Å². The van der Waals surface area contributed by atoms with E-state index in [2.05, 4.69) is 15.9 Å². The molecule has 1 amide bonds. The summed E-state index contributed by atoms with van der Waals surface area (Å²) in [6.07, 6.45) is 0. The fourth-order valence-corrected chi connectivity index (χ4v) is 5.09. The first kappa shape index (κ1) is 16.2. The molecular weight excluding hydrogens is 376 g/mol. The SMILES string of the molecule is CN(Cc1ccc(C(N)=O)cc1)S(=O)(=O)c1ccc(Br)s1. The molecule has 0 saturated carbocycles. The van der Waals surface area contributed by atoms with Crippen LogP contribution in [-0.2, 0) is 16.6 Å². The van der Waals surface area contributed by atoms with Crippen LogP contribution in [0.25, 0.3) is 0 Å². The van der Waals surface area contributed by atoms with E-state index in [-0.39, 0.29) is 10.8 Å². The van der Waals surface area contributed by atoms with Crippen LogP contribution in [0.15, 0.2) is 44.4 Å². The Kier molecular flexibility index (Phi) is 4.82. The van der Waals surface area contributed by atoms with Crippen LogP contribution >= 0.6 is 27.3 Å². The van der Waals surface area contributed by atoms with E-state index in [0.717, 1.165) is 9.35 Å². The average molecular weight is 389 g/mol. The number of thiophene rings is 1. The predicted octanol–water partition coefficient (Wildman–Crippen LogP) is 2.43. The third kappa shape index (κ3) is 3.70. The third-order valence-electron chi connectivity index (χ3n) is 2.86. The molecule has 0 atom stereocenters. The third-order valence-corrected chi connectivity index (χ3v) is 6.75. The van der Waals surface area contributed by atoms with Gasteiger partial charge in [0.2, 0.25) is 5.91 Å². The van der Waals surface area contributed by atoms with Gasteiger partial charge in [-0.25, -0.2) is 8.42 Å². The molecule has 0 aliphatic heterocycles. The molecule has 1 aromatic carbocycles. The van der Waals surface area contributed by atoms with E-state index < -0.39 is 15.9 Å². The number of benzene rings is 1. The topological polar surface area (TPSA) is 80.5 Å². The number of hydrogen-bond acceptors (Lipinski definition) is 4. The maximum atomic E-state index is 12.4. The summed E-state index contributed by atoms with van der Waals surface area (Å²) in [6, 6.07) is 9.82. The second-order valence-corrected chi connectivity index (χ2v) is 9.12. The molecule has 21 heavy (non-hydrogen) atoms. The zero-order chi connectivity index (χ0) is 15.6. The van der Waals surface area contributed by atoms with Gasteiger partial charge in [0.15, 0.2) is 0 Å². The molecule has 2 rings (SSSR count). The molecule has 2 aromatic rings. The molecule has 0 spiro atoms. The number of carbonyl (C=O) groups excluding carboxylic acids is 1. The number of nitrogens with zero attached hydrogens (tertiary/aromatic N) is 1. The number of primary amides is 1. The Morgan fingerprint density at radius 2 is 1.86 bits per heavy atom. The van der Waals surface area contributed by atoms with Gasteiger partial charge in [-0.1, -0.05) is 12.1 Å². The van der Waals surface area contributed by atoms with Crippen molar-refractivity contribution in [1.29, 1.82) is 0 Å². The summed E-state index contributed by atoms with van der Waals surface area (Å²) in [6.45, 7) is 0.219. The van der Waals surface area contributed by atoms with Gasteiger partial charge in [0, 0.05) is 19.2 Å². The van der Waals surface area contributed by atoms with Crippen molar-refractivity contribution in [3.05, 3.63) is 51.3 Å². The molecule has 0 fully saturated rings. The van der Waals surface area contributed by atoms with Crippen molar-refractivity contribution < 1.29 is 13.2 Å². The largest absolute Gasteiger partial charge is 0.366 e. The highest BCUT2D eigenvalue weighted by atomic mass is 79.9. The van der Waals surface area contributed by atoms with Gasteiger partial charge in [0.25, 0.3) is 10.0 Å². The van der Waals surface area contributed by atoms with Gasteiger partial charge in [0.1, 0.15) is 4.21 Å². The van der Waals surface area contributed by atoms with Gasteiger partial charge in [0.05, 0.1) is 3.79 Å². The Morgan fingerprint density at radius 1 is 1.24 bits per heavy atom. The molecule has 1 aromatic heterocycles. The summed E-state index contributed by atoms with van der Waals surface area (Å²) in [5, 5.41) is 0. The zero-order valence-corrected chi connectivity index (χ0v) is 14.3. The van der Waals surface area contributed by atoms with Crippen molar-refractivity contribution in [2.75, 3.05) is 7.05 Å². The molecule has 2 N–H and O–H groups in total. The van der Waals surface area contributed by atoms with Crippen LogP contribution in [0, 0.1) is 0 Å². The lowest BCUT2D eigenvalue weighted by molar-refractivity contribution is 0.100. The van der Waals surface area contributed by atoms with Crippen LogP contribution in [0.3, 0.4) is 0 Å². The van der Waals surface area contributed by atoms with E-state index in [1.165, 1.54) is 22.7 Å². The Morgan fingerprint density at radius 3 is 2.33 bits per heavy atom. The second-order valence-electron chi connectivity index (χ2n) is 4.38. The number of halogens is 1. The fraction of sp³-hybridized carbons (Fsp3) is 0.154. The Labute approximate surface area is 135 Å². The predicted molar refractivity (Wildman–Crippen MR) is 85.6 cm³/mol. The molecule has 0 saturated heterocycles. The number of amides is 1. The van der Waals surface area contributed by atoms with Crippen LogP contribution in [-0.4, -0.2) is 25.7 Å². The Bertz CT molecular complexity index is 754. The van der Waals surface area contributed by atoms with Crippen LogP contribution in [0.1, 0.15) is 15.9 Å². The second kappa shape index (κ2) is 6.27. The summed E-state index contributed by atoms with van der Waals surface area (Å²) in [5.74, 6) is -0.508. The van der Waals surface area contributed by atoms with E-state index in [9.17, 15) is 13.2 Å². The summed E-state index contributed by atoms with van der Waals surface area (Å²) in [4.78, 5) is 11.0. The first-order chi connectivity index (χ1) is 9.80. The van der Waals surface area contributed by atoms with E-state index in [4.69, 9.17) is 5.73 Å². The van der Waals surface area contributed by atoms with Crippen molar-refractivity contribution in [2.45, 2.75) is 10.8 Å². The summed E-state index contributed by atoms with van der Waals surface area (Å²) >= 11 is 4.42. The monoisotopic (exact) mass is 388 g/mol. The maximum absolute atomic E-state index is 12.4. The number of carbonyl (C=O) groups is 1. The number of hydrogen-bond donors (Lipinski definition) is 1. The van der Waals surface area contributed by atoms with E-state index in [1.807, 2.05) is 0 Å². The van der Waals surface area contributed by atoms with E-state index in [1.54, 1.807) is 36.4 Å². The number of nitrogens with two attached hydrogens (primary N) is 1. The molecule has 0 aliphatic rings. The molecule has 8 heteroatoms. The normalized spacial score (nSPS) is 11.8. The summed E-state index contributed by atoms with van der Waals surface area (Å²) in [7, 11) is -1.99. The lowest BCUT2D eigenvalue weighted by atomic mass is 10.1. The lowest BCUT2D eigenvalue weighted by Crippen LogP contribution is -2.25. The van der Waals surface area contributed by atoms with Gasteiger partial charge in [-0.15, -0.1) is 11.3 Å². The minimum absolute atomic E-state index is 0.219. The first-order valence-electron chi connectivity index (χ1n) is 5.91. The van der Waals surface area contributed by atoms with Gasteiger partial charge < -0.3 is 5.73 Å². The van der Waals surface area contributed by atoms with E-state index in [0.29, 0.717) is 5.56 Å². The maximum Gasteiger partial charge on any atom is 0.252 e. The van der Waals surface area contributed by atoms with Crippen LogP contribution < -0.4 is 5.73 Å². The van der Waals surface area contributed by atoms with Crippen LogP contribution in [0.2, 0.25) is 0 Å². The highest BCUT2D eigenvalue weighted by molar-refractivity contribution is 9.11. The first-order valence-corrected chi connectivity index (χ1v) is 8.96. The molecule has 0 aliphatic carbocycles. The number of rotatable bonds is 5. The fourth-order valence-electron chi connectivity index (χ4n) is 1.71. The molecule has 5 nitrogen and oxygen atoms in total. The zero-order valence-electron chi connectivity index (χ0n) is 11.1. The molecule has 0 unspecified atom stereocenters. The summed E-state index contributed by atoms with van der Waals surface area (Å²) in [5.41, 5.74) is 6.34. The smallest absolute Gasteiger partial charge is 0.252 e. The van der Waals surface area contributed by atoms with Crippen molar-refractivity contribution in [3.63, 3.8) is 0 Å².